The Balaban J connectivity index is 1.66. The van der Waals surface area contributed by atoms with Gasteiger partial charge >= 0.3 is 0 Å². The molecule has 2 N–H and O–H groups in total. The molecular weight excluding hydrogens is 356 g/mol. The van der Waals surface area contributed by atoms with E-state index in [1.165, 1.54) is 18.7 Å². The van der Waals surface area contributed by atoms with Gasteiger partial charge in [0.1, 0.15) is 17.5 Å². The van der Waals surface area contributed by atoms with E-state index in [0.29, 0.717) is 17.1 Å². The molecule has 0 spiro atoms. The molecule has 0 saturated heterocycles. The van der Waals surface area contributed by atoms with E-state index in [2.05, 4.69) is 25.5 Å². The van der Waals surface area contributed by atoms with Crippen molar-refractivity contribution in [1.82, 2.24) is 20.2 Å². The van der Waals surface area contributed by atoms with Crippen LogP contribution in [-0.2, 0) is 0 Å². The molecule has 126 valence electrons. The highest BCUT2D eigenvalue weighted by atomic mass is 35.5. The number of hydrogen-bond donors (Lipinski definition) is 2. The number of nitrogens with one attached hydrogen (secondary N) is 2. The van der Waals surface area contributed by atoms with Crippen molar-refractivity contribution in [1.29, 1.82) is 5.26 Å². The van der Waals surface area contributed by atoms with E-state index in [0.717, 1.165) is 10.9 Å². The fourth-order valence-electron chi connectivity index (χ4n) is 2.47. The van der Waals surface area contributed by atoms with E-state index in [1.54, 1.807) is 24.4 Å². The summed E-state index contributed by atoms with van der Waals surface area (Å²) in [6, 6.07) is 8.57. The number of fused-ring (bicyclic) bond motifs is 1. The number of aromatic amines is 1. The molecule has 3 heterocycles. The number of amides is 1. The van der Waals surface area contributed by atoms with Crippen molar-refractivity contribution in [2.24, 2.45) is 0 Å². The van der Waals surface area contributed by atoms with E-state index in [9.17, 15) is 4.79 Å². The monoisotopic (exact) mass is 364 g/mol. The first-order valence-electron chi connectivity index (χ1n) is 7.39. The average Bonchev–Trinajstić information content (AvgIpc) is 3.30. The Labute approximate surface area is 151 Å². The lowest BCUT2D eigenvalue weighted by Gasteiger charge is -2.06. The van der Waals surface area contributed by atoms with Gasteiger partial charge in [0.15, 0.2) is 12.2 Å². The van der Waals surface area contributed by atoms with Gasteiger partial charge in [-0.2, -0.15) is 10.4 Å². The first-order chi connectivity index (χ1) is 12.7. The summed E-state index contributed by atoms with van der Waals surface area (Å²) in [7, 11) is 0. The molecule has 0 aliphatic heterocycles. The predicted molar refractivity (Wildman–Crippen MR) is 93.5 cm³/mol. The standard InChI is InChI=1S/C17H9ClN6O2/c18-12-3-9(5-19)6-21-16(12)17(25)22-10-1-2-13-11(4-10)15(24-23-13)14-7-20-8-26-14/h1-4,6-8H,(H,22,25)(H,23,24). The Hall–Kier alpha value is -3.70. The van der Waals surface area contributed by atoms with Gasteiger partial charge in [-0.3, -0.25) is 9.89 Å². The van der Waals surface area contributed by atoms with Gasteiger partial charge in [0, 0.05) is 17.3 Å². The summed E-state index contributed by atoms with van der Waals surface area (Å²) >= 11 is 6.03. The molecule has 0 atom stereocenters. The van der Waals surface area contributed by atoms with E-state index in [-0.39, 0.29) is 16.3 Å². The second-order valence-electron chi connectivity index (χ2n) is 5.32. The minimum Gasteiger partial charge on any atom is -0.442 e. The highest BCUT2D eigenvalue weighted by Crippen LogP contribution is 2.28. The third-order valence-corrected chi connectivity index (χ3v) is 3.96. The molecule has 0 aliphatic rings. The zero-order chi connectivity index (χ0) is 18.1. The Bertz CT molecular complexity index is 1160. The lowest BCUT2D eigenvalue weighted by Crippen LogP contribution is -2.14. The van der Waals surface area contributed by atoms with Crippen LogP contribution in [0.25, 0.3) is 22.4 Å². The molecule has 1 aromatic carbocycles. The lowest BCUT2D eigenvalue weighted by molar-refractivity contribution is 0.102. The van der Waals surface area contributed by atoms with Crippen LogP contribution in [0.1, 0.15) is 16.1 Å². The van der Waals surface area contributed by atoms with E-state index in [1.807, 2.05) is 6.07 Å². The number of benzene rings is 1. The third-order valence-electron chi connectivity index (χ3n) is 3.67. The minimum atomic E-state index is -0.483. The second kappa shape index (κ2) is 6.31. The lowest BCUT2D eigenvalue weighted by atomic mass is 10.1. The van der Waals surface area contributed by atoms with Gasteiger partial charge in [-0.15, -0.1) is 0 Å². The fraction of sp³-hybridized carbons (Fsp3) is 0. The first-order valence-corrected chi connectivity index (χ1v) is 7.77. The number of carbonyl (C=O) groups is 1. The maximum atomic E-state index is 12.4. The number of anilines is 1. The molecule has 1 amide bonds. The zero-order valence-electron chi connectivity index (χ0n) is 13.0. The summed E-state index contributed by atoms with van der Waals surface area (Å²) in [5, 5.41) is 19.6. The van der Waals surface area contributed by atoms with E-state index < -0.39 is 5.91 Å². The van der Waals surface area contributed by atoms with Crippen LogP contribution in [0, 0.1) is 11.3 Å². The van der Waals surface area contributed by atoms with Gasteiger partial charge in [0.05, 0.1) is 22.3 Å². The fourth-order valence-corrected chi connectivity index (χ4v) is 2.72. The molecule has 3 aromatic heterocycles. The Morgan fingerprint density at radius 3 is 2.92 bits per heavy atom. The molecule has 0 radical (unpaired) electrons. The van der Waals surface area contributed by atoms with Crippen molar-refractivity contribution in [2.75, 3.05) is 5.32 Å². The van der Waals surface area contributed by atoms with Gasteiger partial charge < -0.3 is 9.73 Å². The number of nitriles is 1. The molecule has 4 rings (SSSR count). The van der Waals surface area contributed by atoms with Gasteiger partial charge in [-0.25, -0.2) is 9.97 Å². The van der Waals surface area contributed by atoms with Crippen molar-refractivity contribution in [2.45, 2.75) is 0 Å². The van der Waals surface area contributed by atoms with Crippen LogP contribution in [-0.4, -0.2) is 26.1 Å². The highest BCUT2D eigenvalue weighted by molar-refractivity contribution is 6.34. The second-order valence-corrected chi connectivity index (χ2v) is 5.73. The SMILES string of the molecule is N#Cc1cnc(C(=O)Nc2ccc3[nH]nc(-c4cnco4)c3c2)c(Cl)c1. The topological polar surface area (TPSA) is 120 Å². The molecule has 9 heteroatoms. The quantitative estimate of drug-likeness (QED) is 0.574. The molecule has 0 aliphatic carbocycles. The Morgan fingerprint density at radius 2 is 2.19 bits per heavy atom. The number of aromatic nitrogens is 4. The average molecular weight is 365 g/mol. The first kappa shape index (κ1) is 15.8. The maximum Gasteiger partial charge on any atom is 0.275 e. The minimum absolute atomic E-state index is 0.0356. The third kappa shape index (κ3) is 2.76. The smallest absolute Gasteiger partial charge is 0.275 e. The number of carbonyl (C=O) groups excluding carboxylic acids is 1. The number of rotatable bonds is 3. The number of halogens is 1. The van der Waals surface area contributed by atoms with Gasteiger partial charge in [0.25, 0.3) is 5.91 Å². The number of oxazole rings is 1. The summed E-state index contributed by atoms with van der Waals surface area (Å²) in [4.78, 5) is 20.3. The molecule has 0 bridgehead atoms. The van der Waals surface area contributed by atoms with Crippen LogP contribution >= 0.6 is 11.6 Å². The predicted octanol–water partition coefficient (Wildman–Crippen LogP) is 3.39. The van der Waals surface area contributed by atoms with Crippen molar-refractivity contribution in [3.63, 3.8) is 0 Å². The molecule has 26 heavy (non-hydrogen) atoms. The van der Waals surface area contributed by atoms with Gasteiger partial charge in [-0.1, -0.05) is 11.6 Å². The van der Waals surface area contributed by atoms with Crippen molar-refractivity contribution in [3.05, 3.63) is 59.3 Å². The van der Waals surface area contributed by atoms with Crippen LogP contribution in [0.5, 0.6) is 0 Å². The van der Waals surface area contributed by atoms with Gasteiger partial charge in [0.2, 0.25) is 0 Å². The summed E-state index contributed by atoms with van der Waals surface area (Å²) in [6.07, 6.45) is 4.17. The summed E-state index contributed by atoms with van der Waals surface area (Å²) < 4.78 is 5.28. The normalized spacial score (nSPS) is 10.6. The molecular formula is C17H9ClN6O2. The summed E-state index contributed by atoms with van der Waals surface area (Å²) in [6.45, 7) is 0. The maximum absolute atomic E-state index is 12.4. The highest BCUT2D eigenvalue weighted by Gasteiger charge is 2.15. The van der Waals surface area contributed by atoms with Crippen LogP contribution in [0.3, 0.4) is 0 Å². The summed E-state index contributed by atoms with van der Waals surface area (Å²) in [5.41, 5.74) is 2.22. The number of pyridine rings is 1. The molecule has 0 fully saturated rings. The van der Waals surface area contributed by atoms with Gasteiger partial charge in [-0.05, 0) is 24.3 Å². The number of nitrogens with zero attached hydrogens (tertiary/aromatic N) is 4. The van der Waals surface area contributed by atoms with Crippen molar-refractivity contribution < 1.29 is 9.21 Å². The molecule has 4 aromatic rings. The van der Waals surface area contributed by atoms with Crippen LogP contribution in [0.2, 0.25) is 5.02 Å². The Morgan fingerprint density at radius 1 is 1.31 bits per heavy atom. The number of H-pyrrole nitrogens is 1. The zero-order valence-corrected chi connectivity index (χ0v) is 13.8. The van der Waals surface area contributed by atoms with Crippen LogP contribution in [0.15, 0.2) is 47.5 Å². The van der Waals surface area contributed by atoms with Crippen molar-refractivity contribution >= 4 is 34.1 Å². The largest absolute Gasteiger partial charge is 0.442 e. The molecule has 0 saturated carbocycles. The van der Waals surface area contributed by atoms with E-state index in [4.69, 9.17) is 21.3 Å². The Kier molecular flexibility index (Phi) is 3.84. The molecule has 0 unspecified atom stereocenters. The van der Waals surface area contributed by atoms with Crippen molar-refractivity contribution in [3.8, 4) is 17.5 Å². The van der Waals surface area contributed by atoms with Crippen LogP contribution < -0.4 is 5.32 Å². The van der Waals surface area contributed by atoms with Crippen LogP contribution in [0.4, 0.5) is 5.69 Å². The number of hydrogen-bond acceptors (Lipinski definition) is 6. The van der Waals surface area contributed by atoms with E-state index >= 15 is 0 Å². The summed E-state index contributed by atoms with van der Waals surface area (Å²) in [5.74, 6) is 0.0279. The molecule has 8 nitrogen and oxygen atoms in total.